The molecule has 2 heterocycles. The molecule has 0 unspecified atom stereocenters. The molecule has 0 aliphatic carbocycles. The monoisotopic (exact) mass is 270 g/mol. The highest BCUT2D eigenvalue weighted by Crippen LogP contribution is 2.11. The predicted octanol–water partition coefficient (Wildman–Crippen LogP) is -0.948. The van der Waals surface area contributed by atoms with Gasteiger partial charge >= 0.3 is 0 Å². The Kier molecular flexibility index (Phi) is 3.34. The van der Waals surface area contributed by atoms with Crippen LogP contribution >= 0.6 is 0 Å². The first kappa shape index (κ1) is 12.6. The Labute approximate surface area is 104 Å². The topological polar surface area (TPSA) is 102 Å². The van der Waals surface area contributed by atoms with Crippen molar-refractivity contribution >= 4 is 10.1 Å². The van der Waals surface area contributed by atoms with Crippen molar-refractivity contribution in [3.63, 3.8) is 0 Å². The first-order chi connectivity index (χ1) is 8.46. The maximum Gasteiger partial charge on any atom is 0.271 e. The number of hydrogen-bond donors (Lipinski definition) is 1. The second-order valence-electron chi connectivity index (χ2n) is 3.73. The van der Waals surface area contributed by atoms with Crippen molar-refractivity contribution in [1.82, 2.24) is 19.9 Å². The summed E-state index contributed by atoms with van der Waals surface area (Å²) in [6.07, 6.45) is 4.76. The van der Waals surface area contributed by atoms with E-state index in [1.807, 2.05) is 7.05 Å². The molecule has 0 bridgehead atoms. The standard InChI is InChI=1S/C9H11N5O3S/c1-13-7-10-12-9(13)8-2-3-14(11-6-8)4-5-18(15,16)17/h2-3,6-7H,4-5H2,1H3/p+1. The molecule has 0 saturated carbocycles. The van der Waals surface area contributed by atoms with Crippen LogP contribution in [0.4, 0.5) is 0 Å². The zero-order valence-corrected chi connectivity index (χ0v) is 10.4. The quantitative estimate of drug-likeness (QED) is 0.568. The fourth-order valence-electron chi connectivity index (χ4n) is 1.40. The van der Waals surface area contributed by atoms with Crippen LogP contribution in [0.5, 0.6) is 0 Å². The summed E-state index contributed by atoms with van der Waals surface area (Å²) < 4.78 is 33.0. The van der Waals surface area contributed by atoms with E-state index in [1.165, 1.54) is 4.68 Å². The van der Waals surface area contributed by atoms with E-state index in [0.717, 1.165) is 5.56 Å². The Balaban J connectivity index is 2.13. The van der Waals surface area contributed by atoms with Crippen molar-refractivity contribution in [2.45, 2.75) is 6.54 Å². The van der Waals surface area contributed by atoms with Gasteiger partial charge in [-0.25, -0.2) is 0 Å². The minimum atomic E-state index is -3.97. The molecule has 1 N–H and O–H groups in total. The molecule has 2 aromatic heterocycles. The highest BCUT2D eigenvalue weighted by molar-refractivity contribution is 7.85. The molecule has 0 aliphatic rings. The van der Waals surface area contributed by atoms with Gasteiger partial charge in [0.25, 0.3) is 10.1 Å². The maximum atomic E-state index is 10.6. The molecule has 2 aromatic rings. The molecule has 9 heteroatoms. The molecule has 0 aliphatic heterocycles. The summed E-state index contributed by atoms with van der Waals surface area (Å²) in [5.41, 5.74) is 0.776. The van der Waals surface area contributed by atoms with E-state index >= 15 is 0 Å². The van der Waals surface area contributed by atoms with Crippen molar-refractivity contribution in [2.75, 3.05) is 5.75 Å². The van der Waals surface area contributed by atoms with E-state index in [0.29, 0.717) is 5.82 Å². The van der Waals surface area contributed by atoms with E-state index < -0.39 is 10.1 Å². The molecule has 96 valence electrons. The SMILES string of the molecule is Cn1cnnc1-c1cc[n+](CCS(=O)(=O)O)nc1. The lowest BCUT2D eigenvalue weighted by Crippen LogP contribution is -2.40. The number of hydrogen-bond acceptors (Lipinski definition) is 5. The average Bonchev–Trinajstić information content (AvgIpc) is 2.73. The molecule has 0 saturated heterocycles. The van der Waals surface area contributed by atoms with Gasteiger partial charge < -0.3 is 4.57 Å². The van der Waals surface area contributed by atoms with Crippen LogP contribution in [0.2, 0.25) is 0 Å². The minimum absolute atomic E-state index is 0.0952. The minimum Gasteiger partial charge on any atom is -0.317 e. The summed E-state index contributed by atoms with van der Waals surface area (Å²) in [7, 11) is -2.16. The molecule has 18 heavy (non-hydrogen) atoms. The molecule has 0 atom stereocenters. The Bertz CT molecular complexity index is 634. The van der Waals surface area contributed by atoms with E-state index in [9.17, 15) is 8.42 Å². The molecule has 0 fully saturated rings. The first-order valence-corrected chi connectivity index (χ1v) is 6.72. The number of aryl methyl sites for hydroxylation is 2. The third-order valence-corrected chi connectivity index (χ3v) is 3.02. The third-order valence-electron chi connectivity index (χ3n) is 2.32. The van der Waals surface area contributed by atoms with Gasteiger partial charge in [-0.15, -0.1) is 10.2 Å². The molecule has 0 aromatic carbocycles. The highest BCUT2D eigenvalue weighted by atomic mass is 32.2. The summed E-state index contributed by atoms with van der Waals surface area (Å²) in [5, 5.41) is 11.7. The smallest absolute Gasteiger partial charge is 0.271 e. The van der Waals surface area contributed by atoms with Gasteiger partial charge in [0.15, 0.2) is 18.6 Å². The van der Waals surface area contributed by atoms with Crippen LogP contribution in [-0.2, 0) is 23.7 Å². The molecule has 2 rings (SSSR count). The molecule has 0 spiro atoms. The normalized spacial score (nSPS) is 11.7. The summed E-state index contributed by atoms with van der Waals surface area (Å²) in [6, 6.07) is 1.75. The van der Waals surface area contributed by atoms with Gasteiger partial charge in [-0.1, -0.05) is 4.68 Å². The van der Waals surface area contributed by atoms with Crippen LogP contribution in [0.3, 0.4) is 0 Å². The first-order valence-electron chi connectivity index (χ1n) is 5.11. The molecular weight excluding hydrogens is 258 g/mol. The van der Waals surface area contributed by atoms with Gasteiger partial charge in [-0.2, -0.15) is 8.42 Å². The molecule has 0 radical (unpaired) electrons. The lowest BCUT2D eigenvalue weighted by Gasteiger charge is -1.98. The zero-order valence-electron chi connectivity index (χ0n) is 9.63. The van der Waals surface area contributed by atoms with Crippen LogP contribution in [0, 0.1) is 0 Å². The lowest BCUT2D eigenvalue weighted by atomic mass is 10.3. The summed E-state index contributed by atoms with van der Waals surface area (Å²) >= 11 is 0. The van der Waals surface area contributed by atoms with Crippen molar-refractivity contribution in [2.24, 2.45) is 7.05 Å². The van der Waals surface area contributed by atoms with Crippen LogP contribution in [0.25, 0.3) is 11.4 Å². The van der Waals surface area contributed by atoms with Crippen LogP contribution in [-0.4, -0.2) is 38.6 Å². The van der Waals surface area contributed by atoms with Crippen LogP contribution in [0.15, 0.2) is 24.8 Å². The average molecular weight is 270 g/mol. The molecule has 0 amide bonds. The fraction of sp³-hybridized carbons (Fsp3) is 0.333. The summed E-state index contributed by atoms with van der Waals surface area (Å²) in [4.78, 5) is 0. The van der Waals surface area contributed by atoms with E-state index in [-0.39, 0.29) is 12.3 Å². The van der Waals surface area contributed by atoms with Gasteiger partial charge in [0.2, 0.25) is 0 Å². The van der Waals surface area contributed by atoms with Crippen LogP contribution in [0.1, 0.15) is 0 Å². The molecular formula is C9H12N5O3S+. The van der Waals surface area contributed by atoms with Gasteiger partial charge in [0.1, 0.15) is 18.3 Å². The van der Waals surface area contributed by atoms with E-state index in [2.05, 4.69) is 15.3 Å². The predicted molar refractivity (Wildman–Crippen MR) is 60.8 cm³/mol. The third kappa shape index (κ3) is 3.08. The van der Waals surface area contributed by atoms with Gasteiger partial charge in [-0.05, 0) is 5.10 Å². The Hall–Kier alpha value is -1.87. The van der Waals surface area contributed by atoms with Crippen molar-refractivity contribution in [1.29, 1.82) is 0 Å². The second-order valence-corrected chi connectivity index (χ2v) is 5.30. The van der Waals surface area contributed by atoms with Gasteiger partial charge in [0.05, 0.1) is 0 Å². The van der Waals surface area contributed by atoms with E-state index in [4.69, 9.17) is 4.55 Å². The van der Waals surface area contributed by atoms with E-state index in [1.54, 1.807) is 29.4 Å². The largest absolute Gasteiger partial charge is 0.317 e. The zero-order chi connectivity index (χ0) is 13.2. The summed E-state index contributed by atoms with van der Waals surface area (Å²) in [6.45, 7) is 0.0952. The Morgan fingerprint density at radius 2 is 2.28 bits per heavy atom. The van der Waals surface area contributed by atoms with Gasteiger partial charge in [0, 0.05) is 18.7 Å². The van der Waals surface area contributed by atoms with Crippen LogP contribution < -0.4 is 4.68 Å². The lowest BCUT2D eigenvalue weighted by molar-refractivity contribution is -0.750. The second kappa shape index (κ2) is 4.78. The molecule has 8 nitrogen and oxygen atoms in total. The fourth-order valence-corrected chi connectivity index (χ4v) is 1.82. The maximum absolute atomic E-state index is 10.6. The number of aromatic nitrogens is 5. The number of nitrogens with zero attached hydrogens (tertiary/aromatic N) is 5. The van der Waals surface area contributed by atoms with Gasteiger partial charge in [-0.3, -0.25) is 4.55 Å². The van der Waals surface area contributed by atoms with Crippen molar-refractivity contribution in [3.8, 4) is 11.4 Å². The number of rotatable bonds is 4. The van der Waals surface area contributed by atoms with Crippen molar-refractivity contribution in [3.05, 3.63) is 24.8 Å². The highest BCUT2D eigenvalue weighted by Gasteiger charge is 2.12. The Morgan fingerprint density at radius 3 is 2.78 bits per heavy atom. The summed E-state index contributed by atoms with van der Waals surface area (Å²) in [5.74, 6) is 0.304. The Morgan fingerprint density at radius 1 is 1.50 bits per heavy atom. The van der Waals surface area contributed by atoms with Crippen molar-refractivity contribution < 1.29 is 17.7 Å².